The first-order chi connectivity index (χ1) is 6.70. The van der Waals surface area contributed by atoms with Gasteiger partial charge in [0.1, 0.15) is 0 Å². The van der Waals surface area contributed by atoms with Gasteiger partial charge in [0.25, 0.3) is 0 Å². The van der Waals surface area contributed by atoms with Gasteiger partial charge in [0.05, 0.1) is 0 Å². The van der Waals surface area contributed by atoms with Gasteiger partial charge in [0.2, 0.25) is 0 Å². The fraction of sp³-hybridized carbons (Fsp3) is 0.538. The molecule has 0 saturated heterocycles. The largest absolute Gasteiger partial charge is 0.311 e. The SMILES string of the molecule is CCNC(C)(CC)Cc1ccccc1. The Labute approximate surface area is 87.5 Å². The minimum atomic E-state index is 0.246. The average molecular weight is 191 g/mol. The molecule has 1 heteroatoms. The smallest absolute Gasteiger partial charge is 0.0190 e. The first-order valence-corrected chi connectivity index (χ1v) is 5.49. The molecule has 0 fully saturated rings. The molecule has 0 saturated carbocycles. The topological polar surface area (TPSA) is 12.0 Å². The molecule has 78 valence electrons. The number of hydrogen-bond acceptors (Lipinski definition) is 1. The number of nitrogens with one attached hydrogen (secondary N) is 1. The third kappa shape index (κ3) is 3.15. The van der Waals surface area contributed by atoms with Crippen LogP contribution in [0.5, 0.6) is 0 Å². The zero-order valence-electron chi connectivity index (χ0n) is 9.51. The highest BCUT2D eigenvalue weighted by molar-refractivity contribution is 5.17. The molecular weight excluding hydrogens is 170 g/mol. The fourth-order valence-electron chi connectivity index (χ4n) is 1.79. The summed E-state index contributed by atoms with van der Waals surface area (Å²) in [4.78, 5) is 0. The molecule has 0 bridgehead atoms. The van der Waals surface area contributed by atoms with Crippen molar-refractivity contribution < 1.29 is 0 Å². The lowest BCUT2D eigenvalue weighted by Gasteiger charge is -2.29. The molecule has 0 aliphatic rings. The lowest BCUT2D eigenvalue weighted by Crippen LogP contribution is -2.43. The van der Waals surface area contributed by atoms with Gasteiger partial charge in [-0.2, -0.15) is 0 Å². The Morgan fingerprint density at radius 3 is 2.29 bits per heavy atom. The Hall–Kier alpha value is -0.820. The lowest BCUT2D eigenvalue weighted by molar-refractivity contribution is 0.349. The lowest BCUT2D eigenvalue weighted by atomic mass is 9.90. The second kappa shape index (κ2) is 5.16. The molecule has 1 rings (SSSR count). The highest BCUT2D eigenvalue weighted by Crippen LogP contribution is 2.16. The van der Waals surface area contributed by atoms with Crippen LogP contribution in [0.1, 0.15) is 32.8 Å². The maximum Gasteiger partial charge on any atom is 0.0190 e. The van der Waals surface area contributed by atoms with Crippen molar-refractivity contribution in [1.29, 1.82) is 0 Å². The first kappa shape index (κ1) is 11.3. The van der Waals surface area contributed by atoms with Crippen molar-refractivity contribution in [2.24, 2.45) is 0 Å². The van der Waals surface area contributed by atoms with Crippen molar-refractivity contribution in [2.45, 2.75) is 39.2 Å². The van der Waals surface area contributed by atoms with Gasteiger partial charge in [-0.1, -0.05) is 44.2 Å². The quantitative estimate of drug-likeness (QED) is 0.754. The van der Waals surface area contributed by atoms with Crippen molar-refractivity contribution in [3.05, 3.63) is 35.9 Å². The molecule has 1 nitrogen and oxygen atoms in total. The van der Waals surface area contributed by atoms with Crippen LogP contribution in [0, 0.1) is 0 Å². The third-order valence-corrected chi connectivity index (χ3v) is 2.82. The number of hydrogen-bond donors (Lipinski definition) is 1. The molecule has 0 amide bonds. The molecule has 1 aromatic carbocycles. The van der Waals surface area contributed by atoms with Gasteiger partial charge in [-0.15, -0.1) is 0 Å². The van der Waals surface area contributed by atoms with E-state index in [1.165, 1.54) is 5.56 Å². The molecule has 1 aromatic rings. The Kier molecular flexibility index (Phi) is 4.15. The summed E-state index contributed by atoms with van der Waals surface area (Å²) in [7, 11) is 0. The predicted molar refractivity (Wildman–Crippen MR) is 62.5 cm³/mol. The van der Waals surface area contributed by atoms with E-state index in [2.05, 4.69) is 56.4 Å². The van der Waals surface area contributed by atoms with Gasteiger partial charge >= 0.3 is 0 Å². The van der Waals surface area contributed by atoms with Crippen LogP contribution in [-0.4, -0.2) is 12.1 Å². The monoisotopic (exact) mass is 191 g/mol. The van der Waals surface area contributed by atoms with Crippen molar-refractivity contribution in [3.8, 4) is 0 Å². The van der Waals surface area contributed by atoms with Crippen molar-refractivity contribution in [3.63, 3.8) is 0 Å². The number of rotatable bonds is 5. The molecule has 0 aliphatic heterocycles. The molecule has 0 spiro atoms. The van der Waals surface area contributed by atoms with Crippen LogP contribution >= 0.6 is 0 Å². The van der Waals surface area contributed by atoms with E-state index >= 15 is 0 Å². The van der Waals surface area contributed by atoms with E-state index in [0.29, 0.717) is 0 Å². The van der Waals surface area contributed by atoms with Crippen LogP contribution < -0.4 is 5.32 Å². The van der Waals surface area contributed by atoms with Gasteiger partial charge in [0, 0.05) is 5.54 Å². The maximum absolute atomic E-state index is 3.56. The molecule has 1 N–H and O–H groups in total. The van der Waals surface area contributed by atoms with Gasteiger partial charge < -0.3 is 5.32 Å². The van der Waals surface area contributed by atoms with Crippen LogP contribution in [0.15, 0.2) is 30.3 Å². The number of benzene rings is 1. The van der Waals surface area contributed by atoms with Crippen LogP contribution in [0.2, 0.25) is 0 Å². The summed E-state index contributed by atoms with van der Waals surface area (Å²) < 4.78 is 0. The Morgan fingerprint density at radius 1 is 1.14 bits per heavy atom. The first-order valence-electron chi connectivity index (χ1n) is 5.49. The second-order valence-electron chi connectivity index (χ2n) is 4.11. The minimum absolute atomic E-state index is 0.246. The molecule has 0 heterocycles. The van der Waals surface area contributed by atoms with Gasteiger partial charge in [-0.25, -0.2) is 0 Å². The summed E-state index contributed by atoms with van der Waals surface area (Å²) >= 11 is 0. The van der Waals surface area contributed by atoms with Crippen molar-refractivity contribution in [2.75, 3.05) is 6.54 Å². The average Bonchev–Trinajstić information content (AvgIpc) is 2.20. The van der Waals surface area contributed by atoms with Crippen LogP contribution in [-0.2, 0) is 6.42 Å². The molecule has 0 aliphatic carbocycles. The molecule has 1 unspecified atom stereocenters. The van der Waals surface area contributed by atoms with Crippen LogP contribution in [0.3, 0.4) is 0 Å². The summed E-state index contributed by atoms with van der Waals surface area (Å²) in [5, 5.41) is 3.56. The Morgan fingerprint density at radius 2 is 1.79 bits per heavy atom. The van der Waals surface area contributed by atoms with E-state index in [-0.39, 0.29) is 5.54 Å². The normalized spacial score (nSPS) is 15.1. The standard InChI is InChI=1S/C13H21N/c1-4-13(3,14-5-2)11-12-9-7-6-8-10-12/h6-10,14H,4-5,11H2,1-3H3. The van der Waals surface area contributed by atoms with Crippen LogP contribution in [0.4, 0.5) is 0 Å². The van der Waals surface area contributed by atoms with E-state index in [9.17, 15) is 0 Å². The van der Waals surface area contributed by atoms with E-state index in [0.717, 1.165) is 19.4 Å². The zero-order valence-corrected chi connectivity index (χ0v) is 9.51. The van der Waals surface area contributed by atoms with Gasteiger partial charge in [-0.3, -0.25) is 0 Å². The van der Waals surface area contributed by atoms with Gasteiger partial charge in [0.15, 0.2) is 0 Å². The Balaban J connectivity index is 2.65. The third-order valence-electron chi connectivity index (χ3n) is 2.82. The second-order valence-corrected chi connectivity index (χ2v) is 4.11. The summed E-state index contributed by atoms with van der Waals surface area (Å²) in [6, 6.07) is 10.7. The predicted octanol–water partition coefficient (Wildman–Crippen LogP) is 3.01. The molecule has 1 atom stereocenters. The molecule has 14 heavy (non-hydrogen) atoms. The zero-order chi connectivity index (χ0) is 10.4. The highest BCUT2D eigenvalue weighted by Gasteiger charge is 2.20. The highest BCUT2D eigenvalue weighted by atomic mass is 14.9. The van der Waals surface area contributed by atoms with Crippen molar-refractivity contribution >= 4 is 0 Å². The van der Waals surface area contributed by atoms with E-state index in [1.807, 2.05) is 0 Å². The van der Waals surface area contributed by atoms with E-state index in [4.69, 9.17) is 0 Å². The molecular formula is C13H21N. The van der Waals surface area contributed by atoms with Crippen molar-refractivity contribution in [1.82, 2.24) is 5.32 Å². The minimum Gasteiger partial charge on any atom is -0.311 e. The molecule has 0 radical (unpaired) electrons. The van der Waals surface area contributed by atoms with Gasteiger partial charge in [-0.05, 0) is 31.9 Å². The van der Waals surface area contributed by atoms with E-state index < -0.39 is 0 Å². The summed E-state index contributed by atoms with van der Waals surface area (Å²) in [6.07, 6.45) is 2.27. The summed E-state index contributed by atoms with van der Waals surface area (Å²) in [5.41, 5.74) is 1.66. The number of likely N-dealkylation sites (N-methyl/N-ethyl adjacent to an activating group) is 1. The molecule has 0 aromatic heterocycles. The summed E-state index contributed by atoms with van der Waals surface area (Å²) in [5.74, 6) is 0. The van der Waals surface area contributed by atoms with E-state index in [1.54, 1.807) is 0 Å². The maximum atomic E-state index is 3.56. The summed E-state index contributed by atoms with van der Waals surface area (Å²) in [6.45, 7) is 7.74. The van der Waals surface area contributed by atoms with Crippen LogP contribution in [0.25, 0.3) is 0 Å². The Bertz CT molecular complexity index is 255. The fourth-order valence-corrected chi connectivity index (χ4v) is 1.79.